The van der Waals surface area contributed by atoms with E-state index in [1.807, 2.05) is 18.2 Å². The number of H-pyrrole nitrogens is 1. The number of carbonyl (C=O) groups excluding carboxylic acids is 1. The summed E-state index contributed by atoms with van der Waals surface area (Å²) < 4.78 is 13.1. The normalized spacial score (nSPS) is 10.8. The topological polar surface area (TPSA) is 44.9 Å². The molecule has 0 aliphatic rings. The first-order valence-electron chi connectivity index (χ1n) is 7.33. The molecule has 0 spiro atoms. The van der Waals surface area contributed by atoms with Crippen molar-refractivity contribution in [3.63, 3.8) is 0 Å². The maximum absolute atomic E-state index is 13.1. The number of hydrogen-bond donors (Lipinski definition) is 2. The fourth-order valence-electron chi connectivity index (χ4n) is 2.52. The highest BCUT2D eigenvalue weighted by atomic mass is 19.1. The van der Waals surface area contributed by atoms with Crippen molar-refractivity contribution >= 4 is 16.8 Å². The van der Waals surface area contributed by atoms with Crippen LogP contribution in [0.15, 0.2) is 54.7 Å². The standard InChI is InChI=1S/C18H17FN2O/c19-14-8-9-15-16(12-21-17(15)11-14)18(22)20-10-4-7-13-5-2-1-3-6-13/h1-3,5-6,8-9,11-12,21H,4,7,10H2,(H,20,22). The Hall–Kier alpha value is -2.62. The van der Waals surface area contributed by atoms with Crippen molar-refractivity contribution in [2.75, 3.05) is 6.54 Å². The van der Waals surface area contributed by atoms with E-state index in [4.69, 9.17) is 0 Å². The molecule has 3 aromatic rings. The second-order valence-corrected chi connectivity index (χ2v) is 5.24. The van der Waals surface area contributed by atoms with Crippen LogP contribution in [0.4, 0.5) is 4.39 Å². The zero-order valence-electron chi connectivity index (χ0n) is 12.1. The van der Waals surface area contributed by atoms with Gasteiger partial charge in [-0.15, -0.1) is 0 Å². The van der Waals surface area contributed by atoms with Gasteiger partial charge in [-0.1, -0.05) is 30.3 Å². The first kappa shape index (κ1) is 14.3. The number of hydrogen-bond acceptors (Lipinski definition) is 1. The molecule has 0 saturated heterocycles. The Morgan fingerprint density at radius 2 is 1.95 bits per heavy atom. The van der Waals surface area contributed by atoms with E-state index in [0.29, 0.717) is 17.6 Å². The van der Waals surface area contributed by atoms with Gasteiger partial charge in [-0.3, -0.25) is 4.79 Å². The Morgan fingerprint density at radius 3 is 2.77 bits per heavy atom. The average molecular weight is 296 g/mol. The van der Waals surface area contributed by atoms with Crippen molar-refractivity contribution in [3.05, 3.63) is 71.7 Å². The smallest absolute Gasteiger partial charge is 0.253 e. The van der Waals surface area contributed by atoms with Crippen LogP contribution in [0.5, 0.6) is 0 Å². The van der Waals surface area contributed by atoms with Crippen LogP contribution in [0.3, 0.4) is 0 Å². The zero-order valence-corrected chi connectivity index (χ0v) is 12.1. The molecule has 0 aliphatic heterocycles. The summed E-state index contributed by atoms with van der Waals surface area (Å²) in [5.41, 5.74) is 2.45. The maximum Gasteiger partial charge on any atom is 0.253 e. The Labute approximate surface area is 128 Å². The Kier molecular flexibility index (Phi) is 4.19. The molecule has 3 nitrogen and oxygen atoms in total. The van der Waals surface area contributed by atoms with Gasteiger partial charge in [0, 0.05) is 23.6 Å². The Bertz CT molecular complexity index is 780. The summed E-state index contributed by atoms with van der Waals surface area (Å²) in [5.74, 6) is -0.449. The summed E-state index contributed by atoms with van der Waals surface area (Å²) >= 11 is 0. The van der Waals surface area contributed by atoms with Crippen LogP contribution in [0.2, 0.25) is 0 Å². The second-order valence-electron chi connectivity index (χ2n) is 5.24. The van der Waals surface area contributed by atoms with Crippen molar-refractivity contribution < 1.29 is 9.18 Å². The van der Waals surface area contributed by atoms with Crippen LogP contribution < -0.4 is 5.32 Å². The van der Waals surface area contributed by atoms with E-state index in [0.717, 1.165) is 18.2 Å². The maximum atomic E-state index is 13.1. The lowest BCUT2D eigenvalue weighted by Gasteiger charge is -2.05. The van der Waals surface area contributed by atoms with Crippen LogP contribution in [0, 0.1) is 5.82 Å². The molecule has 1 heterocycles. The van der Waals surface area contributed by atoms with E-state index < -0.39 is 0 Å². The summed E-state index contributed by atoms with van der Waals surface area (Å²) in [6, 6.07) is 14.6. The van der Waals surface area contributed by atoms with E-state index >= 15 is 0 Å². The van der Waals surface area contributed by atoms with E-state index in [1.54, 1.807) is 12.3 Å². The minimum Gasteiger partial charge on any atom is -0.360 e. The molecule has 0 aliphatic carbocycles. The van der Waals surface area contributed by atoms with Gasteiger partial charge in [0.15, 0.2) is 0 Å². The molecule has 0 radical (unpaired) electrons. The largest absolute Gasteiger partial charge is 0.360 e. The number of nitrogens with one attached hydrogen (secondary N) is 2. The Balaban J connectivity index is 1.57. The number of benzene rings is 2. The summed E-state index contributed by atoms with van der Waals surface area (Å²) in [6.07, 6.45) is 3.43. The number of halogens is 1. The average Bonchev–Trinajstić information content (AvgIpc) is 2.95. The first-order chi connectivity index (χ1) is 10.7. The number of aromatic amines is 1. The lowest BCUT2D eigenvalue weighted by molar-refractivity contribution is 0.0955. The van der Waals surface area contributed by atoms with Gasteiger partial charge < -0.3 is 10.3 Å². The molecule has 0 bridgehead atoms. The molecule has 112 valence electrons. The molecule has 4 heteroatoms. The quantitative estimate of drug-likeness (QED) is 0.693. The van der Waals surface area contributed by atoms with Gasteiger partial charge >= 0.3 is 0 Å². The molecule has 0 saturated carbocycles. The molecular formula is C18H17FN2O. The molecular weight excluding hydrogens is 279 g/mol. The second kappa shape index (κ2) is 6.43. The number of aryl methyl sites for hydroxylation is 1. The summed E-state index contributed by atoms with van der Waals surface area (Å²) in [7, 11) is 0. The predicted octanol–water partition coefficient (Wildman–Crippen LogP) is 3.67. The zero-order chi connectivity index (χ0) is 15.4. The monoisotopic (exact) mass is 296 g/mol. The molecule has 0 unspecified atom stereocenters. The van der Waals surface area contributed by atoms with E-state index in [9.17, 15) is 9.18 Å². The summed E-state index contributed by atoms with van der Waals surface area (Å²) in [4.78, 5) is 15.1. The molecule has 0 fully saturated rings. The van der Waals surface area contributed by atoms with Gasteiger partial charge in [0.05, 0.1) is 5.56 Å². The number of amides is 1. The molecule has 22 heavy (non-hydrogen) atoms. The van der Waals surface area contributed by atoms with Crippen LogP contribution in [0.1, 0.15) is 22.3 Å². The highest BCUT2D eigenvalue weighted by Crippen LogP contribution is 2.19. The molecule has 1 aromatic heterocycles. The van der Waals surface area contributed by atoms with Crippen LogP contribution >= 0.6 is 0 Å². The third-order valence-electron chi connectivity index (χ3n) is 3.66. The van der Waals surface area contributed by atoms with Crippen LogP contribution in [-0.2, 0) is 6.42 Å². The number of fused-ring (bicyclic) bond motifs is 1. The minimum absolute atomic E-state index is 0.133. The minimum atomic E-state index is -0.316. The van der Waals surface area contributed by atoms with Gasteiger partial charge in [0.25, 0.3) is 5.91 Å². The highest BCUT2D eigenvalue weighted by molar-refractivity contribution is 6.06. The van der Waals surface area contributed by atoms with E-state index in [1.165, 1.54) is 17.7 Å². The SMILES string of the molecule is O=C(NCCCc1ccccc1)c1c[nH]c2cc(F)ccc12. The van der Waals surface area contributed by atoms with Gasteiger partial charge in [-0.05, 0) is 36.6 Å². The number of carbonyl (C=O) groups is 1. The lowest BCUT2D eigenvalue weighted by Crippen LogP contribution is -2.24. The first-order valence-corrected chi connectivity index (χ1v) is 7.33. The van der Waals surface area contributed by atoms with Gasteiger partial charge in [0.1, 0.15) is 5.82 Å². The van der Waals surface area contributed by atoms with Gasteiger partial charge in [-0.2, -0.15) is 0 Å². The summed E-state index contributed by atoms with van der Waals surface area (Å²) in [5, 5.41) is 3.65. The van der Waals surface area contributed by atoms with Crippen molar-refractivity contribution in [3.8, 4) is 0 Å². The van der Waals surface area contributed by atoms with Gasteiger partial charge in [0.2, 0.25) is 0 Å². The van der Waals surface area contributed by atoms with E-state index in [-0.39, 0.29) is 11.7 Å². The van der Waals surface area contributed by atoms with E-state index in [2.05, 4.69) is 22.4 Å². The third kappa shape index (κ3) is 3.17. The fourth-order valence-corrected chi connectivity index (χ4v) is 2.52. The number of rotatable bonds is 5. The van der Waals surface area contributed by atoms with Crippen molar-refractivity contribution in [1.82, 2.24) is 10.3 Å². The third-order valence-corrected chi connectivity index (χ3v) is 3.66. The molecule has 2 N–H and O–H groups in total. The Morgan fingerprint density at radius 1 is 1.14 bits per heavy atom. The molecule has 2 aromatic carbocycles. The van der Waals surface area contributed by atoms with Crippen molar-refractivity contribution in [1.29, 1.82) is 0 Å². The van der Waals surface area contributed by atoms with Crippen LogP contribution in [0.25, 0.3) is 10.9 Å². The lowest BCUT2D eigenvalue weighted by atomic mass is 10.1. The fraction of sp³-hybridized carbons (Fsp3) is 0.167. The highest BCUT2D eigenvalue weighted by Gasteiger charge is 2.11. The van der Waals surface area contributed by atoms with Crippen molar-refractivity contribution in [2.45, 2.75) is 12.8 Å². The van der Waals surface area contributed by atoms with Crippen LogP contribution in [-0.4, -0.2) is 17.4 Å². The van der Waals surface area contributed by atoms with Crippen molar-refractivity contribution in [2.24, 2.45) is 0 Å². The predicted molar refractivity (Wildman–Crippen MR) is 85.4 cm³/mol. The van der Waals surface area contributed by atoms with Gasteiger partial charge in [-0.25, -0.2) is 4.39 Å². The number of aromatic nitrogens is 1. The molecule has 3 rings (SSSR count). The molecule has 0 atom stereocenters. The summed E-state index contributed by atoms with van der Waals surface area (Å²) in [6.45, 7) is 0.613. The molecule has 1 amide bonds.